The van der Waals surface area contributed by atoms with Gasteiger partial charge in [-0.25, -0.2) is 0 Å². The van der Waals surface area contributed by atoms with Crippen LogP contribution in [0.5, 0.6) is 0 Å². The van der Waals surface area contributed by atoms with Crippen molar-refractivity contribution < 1.29 is 4.74 Å². The lowest BCUT2D eigenvalue weighted by molar-refractivity contribution is 0.102. The highest BCUT2D eigenvalue weighted by atomic mass is 16.5. The highest BCUT2D eigenvalue weighted by molar-refractivity contribution is 5.24. The Labute approximate surface area is 97.3 Å². The molecule has 0 radical (unpaired) electrons. The quantitative estimate of drug-likeness (QED) is 0.783. The number of nitrogens with one attached hydrogen (secondary N) is 1. The second kappa shape index (κ2) is 5.83. The van der Waals surface area contributed by atoms with Crippen LogP contribution >= 0.6 is 0 Å². The summed E-state index contributed by atoms with van der Waals surface area (Å²) in [5.41, 5.74) is 2.62. The molecule has 2 rings (SSSR count). The predicted octanol–water partition coefficient (Wildman–Crippen LogP) is 2.81. The minimum absolute atomic E-state index is 0.101. The highest BCUT2D eigenvalue weighted by Crippen LogP contribution is 2.18. The molecule has 1 aliphatic rings. The molecule has 1 heterocycles. The number of allylic oxidation sites excluding steroid dienone is 2. The number of hydrogen-bond donors (Lipinski definition) is 1. The van der Waals surface area contributed by atoms with Gasteiger partial charge in [0, 0.05) is 6.54 Å². The van der Waals surface area contributed by atoms with E-state index in [9.17, 15) is 0 Å². The van der Waals surface area contributed by atoms with Gasteiger partial charge in [0.15, 0.2) is 0 Å². The first-order valence-electron chi connectivity index (χ1n) is 5.95. The first kappa shape index (κ1) is 11.4. The van der Waals surface area contributed by atoms with Crippen LogP contribution in [0.25, 0.3) is 0 Å². The molecule has 1 aliphatic heterocycles. The Hall–Kier alpha value is -1.12. The van der Waals surface area contributed by atoms with E-state index in [1.807, 2.05) is 0 Å². The zero-order chi connectivity index (χ0) is 11.2. The molecule has 0 spiro atoms. The number of aryl methyl sites for hydroxylation is 1. The van der Waals surface area contributed by atoms with Crippen LogP contribution in [0.1, 0.15) is 30.7 Å². The van der Waals surface area contributed by atoms with E-state index in [1.165, 1.54) is 11.1 Å². The molecule has 0 saturated carbocycles. The van der Waals surface area contributed by atoms with E-state index >= 15 is 0 Å². The molecule has 1 saturated heterocycles. The summed E-state index contributed by atoms with van der Waals surface area (Å²) in [5, 5.41) is 3.31. The van der Waals surface area contributed by atoms with E-state index in [2.05, 4.69) is 48.7 Å². The molecular weight excluding hydrogens is 198 g/mol. The van der Waals surface area contributed by atoms with Crippen LogP contribution in [0.15, 0.2) is 36.4 Å². The van der Waals surface area contributed by atoms with Crippen LogP contribution in [0.2, 0.25) is 0 Å². The van der Waals surface area contributed by atoms with Crippen molar-refractivity contribution in [2.45, 2.75) is 26.0 Å². The van der Waals surface area contributed by atoms with Gasteiger partial charge in [0.05, 0.1) is 6.61 Å². The normalized spacial score (nSPS) is 20.7. The van der Waals surface area contributed by atoms with Gasteiger partial charge in [0.25, 0.3) is 0 Å². The van der Waals surface area contributed by atoms with Gasteiger partial charge < -0.3 is 4.74 Å². The van der Waals surface area contributed by atoms with E-state index < -0.39 is 0 Å². The fraction of sp³-hybridized carbons (Fsp3) is 0.429. The zero-order valence-corrected chi connectivity index (χ0v) is 9.78. The average molecular weight is 217 g/mol. The third-order valence-electron chi connectivity index (χ3n) is 2.83. The Morgan fingerprint density at radius 1 is 1.38 bits per heavy atom. The molecule has 16 heavy (non-hydrogen) atoms. The summed E-state index contributed by atoms with van der Waals surface area (Å²) in [6.07, 6.45) is 6.64. The standard InChI is InChI=1S/C14H19NO/c1-2-3-4-5-12-6-8-13(9-7-12)14-15-10-11-16-14/h2-3,6-9,14-15H,4-5,10-11H2,1H3/b3-2+. The van der Waals surface area contributed by atoms with Gasteiger partial charge in [-0.1, -0.05) is 36.4 Å². The Morgan fingerprint density at radius 2 is 2.19 bits per heavy atom. The molecule has 0 aromatic heterocycles. The summed E-state index contributed by atoms with van der Waals surface area (Å²) in [6, 6.07) is 8.71. The zero-order valence-electron chi connectivity index (χ0n) is 9.78. The number of ether oxygens (including phenoxy) is 1. The van der Waals surface area contributed by atoms with E-state index in [0.717, 1.165) is 26.0 Å². The van der Waals surface area contributed by atoms with Crippen molar-refractivity contribution in [3.8, 4) is 0 Å². The maximum atomic E-state index is 5.56. The minimum atomic E-state index is 0.101. The third kappa shape index (κ3) is 2.94. The summed E-state index contributed by atoms with van der Waals surface area (Å²) >= 11 is 0. The molecule has 2 nitrogen and oxygen atoms in total. The second-order valence-electron chi connectivity index (χ2n) is 4.05. The predicted molar refractivity (Wildman–Crippen MR) is 66.3 cm³/mol. The SMILES string of the molecule is C/C=C/CCc1ccc(C2NCCO2)cc1. The first-order chi connectivity index (χ1) is 7.90. The maximum absolute atomic E-state index is 5.56. The molecule has 0 bridgehead atoms. The lowest BCUT2D eigenvalue weighted by Gasteiger charge is -2.10. The molecule has 0 aliphatic carbocycles. The van der Waals surface area contributed by atoms with Gasteiger partial charge in [-0.2, -0.15) is 0 Å². The van der Waals surface area contributed by atoms with Gasteiger partial charge >= 0.3 is 0 Å². The largest absolute Gasteiger partial charge is 0.358 e. The smallest absolute Gasteiger partial charge is 0.134 e. The van der Waals surface area contributed by atoms with Crippen LogP contribution in [0.3, 0.4) is 0 Å². The van der Waals surface area contributed by atoms with Gasteiger partial charge in [-0.05, 0) is 30.9 Å². The minimum Gasteiger partial charge on any atom is -0.358 e. The molecule has 0 amide bonds. The summed E-state index contributed by atoms with van der Waals surface area (Å²) in [7, 11) is 0. The monoisotopic (exact) mass is 217 g/mol. The fourth-order valence-corrected chi connectivity index (χ4v) is 1.92. The average Bonchev–Trinajstić information content (AvgIpc) is 2.84. The summed E-state index contributed by atoms with van der Waals surface area (Å²) in [6.45, 7) is 3.83. The molecule has 1 N–H and O–H groups in total. The molecule has 1 aromatic rings. The van der Waals surface area contributed by atoms with Crippen LogP contribution in [-0.2, 0) is 11.2 Å². The Morgan fingerprint density at radius 3 is 2.81 bits per heavy atom. The van der Waals surface area contributed by atoms with E-state index in [-0.39, 0.29) is 6.23 Å². The lowest BCUT2D eigenvalue weighted by Crippen LogP contribution is -2.13. The van der Waals surface area contributed by atoms with Crippen molar-refractivity contribution in [3.63, 3.8) is 0 Å². The number of benzene rings is 1. The van der Waals surface area contributed by atoms with E-state index in [0.29, 0.717) is 0 Å². The molecule has 1 fully saturated rings. The molecule has 1 unspecified atom stereocenters. The fourth-order valence-electron chi connectivity index (χ4n) is 1.92. The van der Waals surface area contributed by atoms with Crippen molar-refractivity contribution in [1.82, 2.24) is 5.32 Å². The molecule has 1 aromatic carbocycles. The van der Waals surface area contributed by atoms with Crippen LogP contribution in [-0.4, -0.2) is 13.2 Å². The molecule has 2 heteroatoms. The van der Waals surface area contributed by atoms with E-state index in [1.54, 1.807) is 0 Å². The van der Waals surface area contributed by atoms with Crippen molar-refractivity contribution in [1.29, 1.82) is 0 Å². The van der Waals surface area contributed by atoms with Gasteiger partial charge in [-0.3, -0.25) is 5.32 Å². The molecule has 86 valence electrons. The summed E-state index contributed by atoms with van der Waals surface area (Å²) in [4.78, 5) is 0. The van der Waals surface area contributed by atoms with Crippen molar-refractivity contribution in [2.24, 2.45) is 0 Å². The van der Waals surface area contributed by atoms with Crippen LogP contribution in [0, 0.1) is 0 Å². The second-order valence-corrected chi connectivity index (χ2v) is 4.05. The van der Waals surface area contributed by atoms with Crippen molar-refractivity contribution >= 4 is 0 Å². The Balaban J connectivity index is 1.93. The van der Waals surface area contributed by atoms with Crippen molar-refractivity contribution in [2.75, 3.05) is 13.2 Å². The number of rotatable bonds is 4. The number of hydrogen-bond acceptors (Lipinski definition) is 2. The summed E-state index contributed by atoms with van der Waals surface area (Å²) in [5.74, 6) is 0. The maximum Gasteiger partial charge on any atom is 0.134 e. The van der Waals surface area contributed by atoms with Gasteiger partial charge in [-0.15, -0.1) is 0 Å². The van der Waals surface area contributed by atoms with Gasteiger partial charge in [0.2, 0.25) is 0 Å². The first-order valence-corrected chi connectivity index (χ1v) is 5.95. The Bertz CT molecular complexity index is 336. The molecular formula is C14H19NO. The van der Waals surface area contributed by atoms with Crippen LogP contribution < -0.4 is 5.32 Å². The van der Waals surface area contributed by atoms with Gasteiger partial charge in [0.1, 0.15) is 6.23 Å². The Kier molecular flexibility index (Phi) is 4.14. The van der Waals surface area contributed by atoms with Crippen LogP contribution in [0.4, 0.5) is 0 Å². The van der Waals surface area contributed by atoms with E-state index in [4.69, 9.17) is 4.74 Å². The third-order valence-corrected chi connectivity index (χ3v) is 2.83. The van der Waals surface area contributed by atoms with Crippen molar-refractivity contribution in [3.05, 3.63) is 47.5 Å². The molecule has 1 atom stereocenters. The highest BCUT2D eigenvalue weighted by Gasteiger charge is 2.15. The lowest BCUT2D eigenvalue weighted by atomic mass is 10.1. The summed E-state index contributed by atoms with van der Waals surface area (Å²) < 4.78 is 5.56. The topological polar surface area (TPSA) is 21.3 Å².